The third-order valence-electron chi connectivity index (χ3n) is 3.00. The Morgan fingerprint density at radius 2 is 2.05 bits per heavy atom. The normalized spacial score (nSPS) is 17.0. The van der Waals surface area contributed by atoms with Gasteiger partial charge in [-0.25, -0.2) is 0 Å². The van der Waals surface area contributed by atoms with E-state index in [1.807, 2.05) is 0 Å². The van der Waals surface area contributed by atoms with Gasteiger partial charge in [0.05, 0.1) is 4.92 Å². The Morgan fingerprint density at radius 3 is 2.70 bits per heavy atom. The van der Waals surface area contributed by atoms with Gasteiger partial charge in [-0.15, -0.1) is 0 Å². The molecule has 2 rings (SSSR count). The number of nitrogens with one attached hydrogen (secondary N) is 2. The number of hydrogen-bond acceptors (Lipinski definition) is 5. The first kappa shape index (κ1) is 14.9. The molecule has 110 valence electrons. The number of non-ortho nitro benzene ring substituents is 1. The van der Waals surface area contributed by atoms with Crippen LogP contribution in [0.4, 0.5) is 5.69 Å². The van der Waals surface area contributed by atoms with Crippen LogP contribution < -0.4 is 10.0 Å². The molecule has 20 heavy (non-hydrogen) atoms. The highest BCUT2D eigenvalue weighted by Crippen LogP contribution is 2.13. The van der Waals surface area contributed by atoms with Crippen molar-refractivity contribution in [2.75, 3.05) is 26.2 Å². The summed E-state index contributed by atoms with van der Waals surface area (Å²) in [6.07, 6.45) is 0. The predicted octanol–water partition coefficient (Wildman–Crippen LogP) is -0.166. The number of rotatable bonds is 5. The third-order valence-corrected chi connectivity index (χ3v) is 4.55. The van der Waals surface area contributed by atoms with E-state index in [4.69, 9.17) is 0 Å². The van der Waals surface area contributed by atoms with Gasteiger partial charge in [0.2, 0.25) is 0 Å². The van der Waals surface area contributed by atoms with Crippen LogP contribution in [0.1, 0.15) is 5.56 Å². The third kappa shape index (κ3) is 3.73. The smallest absolute Gasteiger partial charge is 0.279 e. The maximum atomic E-state index is 12.0. The Morgan fingerprint density at radius 1 is 1.35 bits per heavy atom. The molecule has 1 aliphatic heterocycles. The average molecular weight is 300 g/mol. The Bertz CT molecular complexity index is 584. The number of nitro groups is 1. The summed E-state index contributed by atoms with van der Waals surface area (Å²) in [5.41, 5.74) is 0.502. The van der Waals surface area contributed by atoms with Gasteiger partial charge in [0, 0.05) is 44.9 Å². The fourth-order valence-electron chi connectivity index (χ4n) is 1.93. The van der Waals surface area contributed by atoms with Crippen molar-refractivity contribution in [3.63, 3.8) is 0 Å². The highest BCUT2D eigenvalue weighted by molar-refractivity contribution is 7.87. The molecule has 0 aliphatic carbocycles. The van der Waals surface area contributed by atoms with Crippen molar-refractivity contribution < 1.29 is 13.3 Å². The minimum Gasteiger partial charge on any atom is -0.314 e. The van der Waals surface area contributed by atoms with Crippen molar-refractivity contribution in [3.05, 3.63) is 39.9 Å². The molecule has 0 aromatic heterocycles. The molecule has 9 heteroatoms. The number of nitrogens with zero attached hydrogens (tertiary/aromatic N) is 2. The molecule has 0 atom stereocenters. The molecule has 1 heterocycles. The number of benzene rings is 1. The van der Waals surface area contributed by atoms with E-state index >= 15 is 0 Å². The number of piperazine rings is 1. The van der Waals surface area contributed by atoms with E-state index in [0.717, 1.165) is 0 Å². The second-order valence-corrected chi connectivity index (χ2v) is 6.16. The molecule has 1 aromatic rings. The van der Waals surface area contributed by atoms with Crippen LogP contribution in [-0.4, -0.2) is 43.8 Å². The van der Waals surface area contributed by atoms with Gasteiger partial charge in [-0.05, 0) is 5.56 Å². The fraction of sp³-hybridized carbons (Fsp3) is 0.455. The molecule has 0 amide bonds. The molecule has 0 bridgehead atoms. The average Bonchev–Trinajstić information content (AvgIpc) is 2.46. The van der Waals surface area contributed by atoms with E-state index in [1.54, 1.807) is 6.07 Å². The summed E-state index contributed by atoms with van der Waals surface area (Å²) in [6, 6.07) is 5.91. The summed E-state index contributed by atoms with van der Waals surface area (Å²) in [5, 5.41) is 13.7. The van der Waals surface area contributed by atoms with Gasteiger partial charge in [-0.2, -0.15) is 17.4 Å². The summed E-state index contributed by atoms with van der Waals surface area (Å²) >= 11 is 0. The summed E-state index contributed by atoms with van der Waals surface area (Å²) in [6.45, 7) is 2.12. The van der Waals surface area contributed by atoms with Crippen LogP contribution in [-0.2, 0) is 16.8 Å². The first-order valence-electron chi connectivity index (χ1n) is 6.18. The van der Waals surface area contributed by atoms with E-state index in [1.165, 1.54) is 22.5 Å². The van der Waals surface area contributed by atoms with Gasteiger partial charge in [-0.3, -0.25) is 10.1 Å². The van der Waals surface area contributed by atoms with Crippen LogP contribution in [0.5, 0.6) is 0 Å². The Balaban J connectivity index is 2.00. The van der Waals surface area contributed by atoms with Crippen LogP contribution in [0, 0.1) is 10.1 Å². The lowest BCUT2D eigenvalue weighted by atomic mass is 10.2. The number of hydrogen-bond donors (Lipinski definition) is 2. The molecule has 1 aliphatic rings. The highest BCUT2D eigenvalue weighted by atomic mass is 32.2. The summed E-state index contributed by atoms with van der Waals surface area (Å²) in [5.74, 6) is 0. The summed E-state index contributed by atoms with van der Waals surface area (Å²) in [4.78, 5) is 10.1. The van der Waals surface area contributed by atoms with Gasteiger partial charge in [0.1, 0.15) is 0 Å². The molecule has 1 fully saturated rings. The molecule has 0 radical (unpaired) electrons. The van der Waals surface area contributed by atoms with E-state index in [0.29, 0.717) is 31.7 Å². The van der Waals surface area contributed by atoms with Gasteiger partial charge < -0.3 is 5.32 Å². The lowest BCUT2D eigenvalue weighted by Crippen LogP contribution is -2.50. The maximum absolute atomic E-state index is 12.0. The topological polar surface area (TPSA) is 105 Å². The zero-order chi connectivity index (χ0) is 14.6. The van der Waals surface area contributed by atoms with E-state index in [2.05, 4.69) is 10.0 Å². The van der Waals surface area contributed by atoms with Gasteiger partial charge in [-0.1, -0.05) is 12.1 Å². The van der Waals surface area contributed by atoms with Crippen LogP contribution in [0.25, 0.3) is 0 Å². The van der Waals surface area contributed by atoms with Crippen LogP contribution in [0.2, 0.25) is 0 Å². The lowest BCUT2D eigenvalue weighted by Gasteiger charge is -2.26. The molecular formula is C11H16N4O4S. The van der Waals surface area contributed by atoms with E-state index in [-0.39, 0.29) is 12.2 Å². The van der Waals surface area contributed by atoms with E-state index in [9.17, 15) is 18.5 Å². The van der Waals surface area contributed by atoms with Crippen LogP contribution in [0.15, 0.2) is 24.3 Å². The first-order chi connectivity index (χ1) is 9.49. The Kier molecular flexibility index (Phi) is 4.65. The first-order valence-corrected chi connectivity index (χ1v) is 7.62. The molecule has 1 aromatic carbocycles. The largest absolute Gasteiger partial charge is 0.314 e. The van der Waals surface area contributed by atoms with Crippen molar-refractivity contribution in [2.24, 2.45) is 0 Å². The van der Waals surface area contributed by atoms with Crippen molar-refractivity contribution in [3.8, 4) is 0 Å². The van der Waals surface area contributed by atoms with Crippen LogP contribution in [0.3, 0.4) is 0 Å². The van der Waals surface area contributed by atoms with Gasteiger partial charge in [0.15, 0.2) is 0 Å². The summed E-state index contributed by atoms with van der Waals surface area (Å²) in [7, 11) is -3.54. The number of nitro benzene ring substituents is 1. The van der Waals surface area contributed by atoms with Crippen molar-refractivity contribution in [2.45, 2.75) is 6.54 Å². The molecule has 1 saturated heterocycles. The molecule has 2 N–H and O–H groups in total. The zero-order valence-electron chi connectivity index (χ0n) is 10.8. The van der Waals surface area contributed by atoms with E-state index < -0.39 is 15.1 Å². The second kappa shape index (κ2) is 6.27. The Labute approximate surface area is 117 Å². The van der Waals surface area contributed by atoms with Crippen molar-refractivity contribution >= 4 is 15.9 Å². The van der Waals surface area contributed by atoms with Gasteiger partial charge >= 0.3 is 0 Å². The monoisotopic (exact) mass is 300 g/mol. The standard InChI is InChI=1S/C11H16N4O4S/c16-15(17)11-3-1-2-10(8-11)9-13-20(18,19)14-6-4-12-5-7-14/h1-3,8,12-13H,4-7,9H2. The van der Waals surface area contributed by atoms with Crippen molar-refractivity contribution in [1.82, 2.24) is 14.3 Å². The fourth-order valence-corrected chi connectivity index (χ4v) is 3.13. The highest BCUT2D eigenvalue weighted by Gasteiger charge is 2.23. The van der Waals surface area contributed by atoms with Crippen molar-refractivity contribution in [1.29, 1.82) is 0 Å². The molecule has 0 unspecified atom stereocenters. The SMILES string of the molecule is O=[N+]([O-])c1cccc(CNS(=O)(=O)N2CCNCC2)c1. The quantitative estimate of drug-likeness (QED) is 0.580. The minimum atomic E-state index is -3.54. The second-order valence-electron chi connectivity index (χ2n) is 4.40. The molecular weight excluding hydrogens is 284 g/mol. The van der Waals surface area contributed by atoms with Crippen LogP contribution >= 0.6 is 0 Å². The predicted molar refractivity (Wildman–Crippen MR) is 73.3 cm³/mol. The molecule has 8 nitrogen and oxygen atoms in total. The Hall–Kier alpha value is -1.55. The minimum absolute atomic E-state index is 0.0357. The zero-order valence-corrected chi connectivity index (χ0v) is 11.6. The maximum Gasteiger partial charge on any atom is 0.279 e. The molecule has 0 saturated carbocycles. The molecule has 0 spiro atoms. The van der Waals surface area contributed by atoms with Gasteiger partial charge in [0.25, 0.3) is 15.9 Å². The summed E-state index contributed by atoms with van der Waals surface area (Å²) < 4.78 is 27.9. The lowest BCUT2D eigenvalue weighted by molar-refractivity contribution is -0.384.